The predicted octanol–water partition coefficient (Wildman–Crippen LogP) is 2.47. The van der Waals surface area contributed by atoms with Gasteiger partial charge in [-0.3, -0.25) is 10.1 Å². The molecule has 0 spiro atoms. The smallest absolute Gasteiger partial charge is 0.292 e. The zero-order valence-electron chi connectivity index (χ0n) is 10.5. The first-order valence-corrected chi connectivity index (χ1v) is 6.25. The fourth-order valence-electron chi connectivity index (χ4n) is 2.03. The van der Waals surface area contributed by atoms with E-state index in [0.29, 0.717) is 30.5 Å². The molecule has 0 radical (unpaired) electrons. The monoisotopic (exact) mass is 286 g/mol. The van der Waals surface area contributed by atoms with E-state index in [9.17, 15) is 10.1 Å². The number of rotatable bonds is 5. The molecule has 19 heavy (non-hydrogen) atoms. The van der Waals surface area contributed by atoms with E-state index >= 15 is 0 Å². The Morgan fingerprint density at radius 2 is 2.42 bits per heavy atom. The van der Waals surface area contributed by atoms with Crippen molar-refractivity contribution in [3.8, 4) is 0 Å². The second-order valence-electron chi connectivity index (χ2n) is 4.46. The molecule has 0 bridgehead atoms. The minimum Gasteiger partial charge on any atom is -0.378 e. The number of hydrogen-bond donors (Lipinski definition) is 1. The summed E-state index contributed by atoms with van der Waals surface area (Å²) in [5.41, 5.74) is -0.0497. The van der Waals surface area contributed by atoms with E-state index in [1.54, 1.807) is 13.2 Å². The summed E-state index contributed by atoms with van der Waals surface area (Å²) in [6.45, 7) is 1.54. The average molecular weight is 287 g/mol. The van der Waals surface area contributed by atoms with Gasteiger partial charge in [0.15, 0.2) is 0 Å². The molecule has 1 fully saturated rings. The number of nitro groups is 1. The highest BCUT2D eigenvalue weighted by atomic mass is 35.5. The van der Waals surface area contributed by atoms with Gasteiger partial charge in [0.25, 0.3) is 5.69 Å². The summed E-state index contributed by atoms with van der Waals surface area (Å²) < 4.78 is 10.8. The normalized spacial score (nSPS) is 22.4. The van der Waals surface area contributed by atoms with Crippen LogP contribution in [0.1, 0.15) is 6.42 Å². The van der Waals surface area contributed by atoms with Crippen molar-refractivity contribution in [2.24, 2.45) is 0 Å². The van der Waals surface area contributed by atoms with Crippen molar-refractivity contribution in [3.05, 3.63) is 33.3 Å². The van der Waals surface area contributed by atoms with Crippen LogP contribution in [0, 0.1) is 10.1 Å². The zero-order chi connectivity index (χ0) is 13.9. The fraction of sp³-hybridized carbons (Fsp3) is 0.500. The molecule has 1 aliphatic heterocycles. The maximum absolute atomic E-state index is 10.9. The molecule has 1 atom stereocenters. The number of nitrogens with one attached hydrogen (secondary N) is 1. The largest absolute Gasteiger partial charge is 0.378 e. The van der Waals surface area contributed by atoms with Crippen LogP contribution in [-0.4, -0.2) is 37.4 Å². The van der Waals surface area contributed by atoms with Crippen LogP contribution in [0.4, 0.5) is 11.4 Å². The van der Waals surface area contributed by atoms with Crippen molar-refractivity contribution in [3.63, 3.8) is 0 Å². The molecule has 2 rings (SSSR count). The lowest BCUT2D eigenvalue weighted by molar-refractivity contribution is -0.384. The van der Waals surface area contributed by atoms with Gasteiger partial charge in [-0.1, -0.05) is 11.6 Å². The lowest BCUT2D eigenvalue weighted by Crippen LogP contribution is -2.39. The van der Waals surface area contributed by atoms with Gasteiger partial charge in [0.05, 0.1) is 11.5 Å². The highest BCUT2D eigenvalue weighted by molar-refractivity contribution is 6.31. The van der Waals surface area contributed by atoms with Crippen LogP contribution in [0.3, 0.4) is 0 Å². The first kappa shape index (κ1) is 14.0. The Morgan fingerprint density at radius 1 is 1.63 bits per heavy atom. The number of anilines is 1. The third-order valence-corrected chi connectivity index (χ3v) is 3.49. The second-order valence-corrected chi connectivity index (χ2v) is 4.90. The third-order valence-electron chi connectivity index (χ3n) is 3.26. The molecule has 1 heterocycles. The zero-order valence-corrected chi connectivity index (χ0v) is 11.3. The molecule has 1 aromatic carbocycles. The summed E-state index contributed by atoms with van der Waals surface area (Å²) in [5, 5.41) is 14.4. The van der Waals surface area contributed by atoms with Crippen molar-refractivity contribution in [2.45, 2.75) is 12.0 Å². The van der Waals surface area contributed by atoms with Crippen LogP contribution in [0.2, 0.25) is 5.02 Å². The number of hydrogen-bond acceptors (Lipinski definition) is 5. The Morgan fingerprint density at radius 3 is 3.00 bits per heavy atom. The first-order chi connectivity index (χ1) is 9.06. The van der Waals surface area contributed by atoms with Crippen LogP contribution in [0.25, 0.3) is 0 Å². The van der Waals surface area contributed by atoms with Gasteiger partial charge in [-0.2, -0.15) is 0 Å². The lowest BCUT2D eigenvalue weighted by atomic mass is 10.0. The number of nitro benzene ring substituents is 1. The van der Waals surface area contributed by atoms with Crippen LogP contribution < -0.4 is 5.32 Å². The van der Waals surface area contributed by atoms with Gasteiger partial charge >= 0.3 is 0 Å². The van der Waals surface area contributed by atoms with Gasteiger partial charge in [-0.05, 0) is 12.1 Å². The molecule has 1 aromatic rings. The van der Waals surface area contributed by atoms with E-state index in [1.807, 2.05) is 0 Å². The maximum atomic E-state index is 10.9. The van der Waals surface area contributed by atoms with Crippen molar-refractivity contribution in [1.29, 1.82) is 0 Å². The Balaban J connectivity index is 2.14. The van der Waals surface area contributed by atoms with E-state index in [0.717, 1.165) is 6.42 Å². The fourth-order valence-corrected chi connectivity index (χ4v) is 2.20. The molecule has 0 aliphatic carbocycles. The van der Waals surface area contributed by atoms with Crippen LogP contribution in [0.5, 0.6) is 0 Å². The van der Waals surface area contributed by atoms with Gasteiger partial charge in [0, 0.05) is 37.8 Å². The second kappa shape index (κ2) is 5.73. The van der Waals surface area contributed by atoms with Crippen LogP contribution in [0.15, 0.2) is 18.2 Å². The summed E-state index contributed by atoms with van der Waals surface area (Å²) in [7, 11) is 1.61. The predicted molar refractivity (Wildman–Crippen MR) is 71.8 cm³/mol. The molecule has 0 aromatic heterocycles. The van der Waals surface area contributed by atoms with Gasteiger partial charge in [0.1, 0.15) is 11.3 Å². The molecule has 1 N–H and O–H groups in total. The van der Waals surface area contributed by atoms with E-state index < -0.39 is 10.5 Å². The molecule has 7 heteroatoms. The van der Waals surface area contributed by atoms with E-state index in [-0.39, 0.29) is 5.69 Å². The summed E-state index contributed by atoms with van der Waals surface area (Å²) in [4.78, 5) is 10.5. The molecular formula is C12H15ClN2O4. The molecule has 1 saturated heterocycles. The molecular weight excluding hydrogens is 272 g/mol. The Labute approximate surface area is 115 Å². The van der Waals surface area contributed by atoms with Crippen LogP contribution in [-0.2, 0) is 9.47 Å². The van der Waals surface area contributed by atoms with Gasteiger partial charge in [-0.15, -0.1) is 0 Å². The minimum atomic E-state index is -0.441. The van der Waals surface area contributed by atoms with Gasteiger partial charge in [0.2, 0.25) is 0 Å². The van der Waals surface area contributed by atoms with E-state index in [2.05, 4.69) is 5.32 Å². The number of halogens is 1. The summed E-state index contributed by atoms with van der Waals surface area (Å²) in [5.74, 6) is 0. The molecule has 1 unspecified atom stereocenters. The lowest BCUT2D eigenvalue weighted by Gasteiger charge is -2.26. The van der Waals surface area contributed by atoms with Gasteiger partial charge < -0.3 is 14.8 Å². The highest BCUT2D eigenvalue weighted by Gasteiger charge is 2.35. The van der Waals surface area contributed by atoms with Crippen molar-refractivity contribution >= 4 is 23.0 Å². The average Bonchev–Trinajstić information content (AvgIpc) is 2.85. The summed E-state index contributed by atoms with van der Waals surface area (Å²) in [6, 6.07) is 4.42. The summed E-state index contributed by atoms with van der Waals surface area (Å²) >= 11 is 5.87. The van der Waals surface area contributed by atoms with Crippen LogP contribution >= 0.6 is 11.6 Å². The number of methoxy groups -OCH3 is 1. The topological polar surface area (TPSA) is 73.6 Å². The molecule has 0 amide bonds. The molecule has 104 valence electrons. The van der Waals surface area contributed by atoms with Crippen molar-refractivity contribution in [1.82, 2.24) is 0 Å². The van der Waals surface area contributed by atoms with Crippen molar-refractivity contribution < 1.29 is 14.4 Å². The maximum Gasteiger partial charge on any atom is 0.292 e. The molecule has 0 saturated carbocycles. The number of nitrogens with zero attached hydrogens (tertiary/aromatic N) is 1. The summed E-state index contributed by atoms with van der Waals surface area (Å²) in [6.07, 6.45) is 0.755. The van der Waals surface area contributed by atoms with Crippen molar-refractivity contribution in [2.75, 3.05) is 32.2 Å². The van der Waals surface area contributed by atoms with E-state index in [1.165, 1.54) is 12.1 Å². The standard InChI is InChI=1S/C12H15ClN2O4/c1-18-12(4-5-19-8-12)7-14-10-6-9(13)2-3-11(10)15(16)17/h2-3,6,14H,4-5,7-8H2,1H3. The van der Waals surface area contributed by atoms with Gasteiger partial charge in [-0.25, -0.2) is 0 Å². The minimum absolute atomic E-state index is 0.00503. The first-order valence-electron chi connectivity index (χ1n) is 5.87. The third kappa shape index (κ3) is 3.15. The quantitative estimate of drug-likeness (QED) is 0.665. The molecule has 6 nitrogen and oxygen atoms in total. The molecule has 1 aliphatic rings. The highest BCUT2D eigenvalue weighted by Crippen LogP contribution is 2.29. The Kier molecular flexibility index (Phi) is 4.24. The Bertz CT molecular complexity index is 475. The Hall–Kier alpha value is -1.37. The number of ether oxygens (including phenoxy) is 2. The number of benzene rings is 1. The SMILES string of the molecule is COC1(CNc2cc(Cl)ccc2[N+](=O)[O-])CCOC1. The van der Waals surface area contributed by atoms with E-state index in [4.69, 9.17) is 21.1 Å².